The molecule has 6 aliphatic rings. The quantitative estimate of drug-likeness (QED) is 0.173. The minimum Gasteiger partial charge on any atom is -0.458 e. The van der Waals surface area contributed by atoms with Gasteiger partial charge in [-0.2, -0.15) is 0 Å². The van der Waals surface area contributed by atoms with E-state index in [1.807, 2.05) is 19.1 Å². The fourth-order valence-electron chi connectivity index (χ4n) is 9.65. The van der Waals surface area contributed by atoms with Crippen LogP contribution >= 0.6 is 0 Å². The van der Waals surface area contributed by atoms with E-state index in [-0.39, 0.29) is 41.0 Å². The number of ether oxygens (including phenoxy) is 3. The van der Waals surface area contributed by atoms with Crippen molar-refractivity contribution in [2.45, 2.75) is 109 Å². The zero-order valence-electron chi connectivity index (χ0n) is 22.3. The van der Waals surface area contributed by atoms with E-state index in [2.05, 4.69) is 23.9 Å². The summed E-state index contributed by atoms with van der Waals surface area (Å²) in [6, 6.07) is -0.286. The maximum atomic E-state index is 12.4. The van der Waals surface area contributed by atoms with Crippen molar-refractivity contribution in [2.75, 3.05) is 6.61 Å². The number of aliphatic hydroxyl groups is 1. The summed E-state index contributed by atoms with van der Waals surface area (Å²) in [5, 5.41) is 16.2. The molecule has 4 aliphatic carbocycles. The van der Waals surface area contributed by atoms with Gasteiger partial charge in [0.2, 0.25) is 0 Å². The van der Waals surface area contributed by atoms with Crippen LogP contribution in [0.4, 0.5) is 0 Å². The fraction of sp³-hybridized carbons (Fsp3) is 0.828. The van der Waals surface area contributed by atoms with Gasteiger partial charge in [-0.05, 0) is 111 Å². The molecular formula is C29H41N3O5. The van der Waals surface area contributed by atoms with Crippen LogP contribution in [-0.2, 0) is 19.0 Å². The molecular weight excluding hydrogens is 470 g/mol. The van der Waals surface area contributed by atoms with Crippen LogP contribution < -0.4 is 0 Å². The summed E-state index contributed by atoms with van der Waals surface area (Å²) >= 11 is 0. The van der Waals surface area contributed by atoms with Gasteiger partial charge >= 0.3 is 5.97 Å². The second-order valence-electron chi connectivity index (χ2n) is 13.1. The number of cyclic esters (lactones) is 1. The highest BCUT2D eigenvalue weighted by molar-refractivity contribution is 5.85. The van der Waals surface area contributed by atoms with Crippen molar-refractivity contribution in [3.63, 3.8) is 0 Å². The fourth-order valence-corrected chi connectivity index (χ4v) is 9.65. The molecule has 1 N–H and O–H groups in total. The largest absolute Gasteiger partial charge is 0.458 e. The van der Waals surface area contributed by atoms with Crippen LogP contribution in [0, 0.1) is 34.5 Å². The zero-order chi connectivity index (χ0) is 26.0. The molecule has 0 aromatic carbocycles. The predicted octanol–water partition coefficient (Wildman–Crippen LogP) is 5.61. The van der Waals surface area contributed by atoms with Crippen LogP contribution in [0.25, 0.3) is 10.4 Å². The van der Waals surface area contributed by atoms with E-state index in [9.17, 15) is 9.90 Å². The van der Waals surface area contributed by atoms with E-state index >= 15 is 0 Å². The first-order valence-electron chi connectivity index (χ1n) is 14.3. The summed E-state index contributed by atoms with van der Waals surface area (Å²) in [6.07, 6.45) is 14.3. The van der Waals surface area contributed by atoms with E-state index in [0.717, 1.165) is 63.4 Å². The number of azide groups is 1. The predicted molar refractivity (Wildman–Crippen MR) is 137 cm³/mol. The van der Waals surface area contributed by atoms with Crippen LogP contribution in [0.2, 0.25) is 0 Å². The molecule has 6 unspecified atom stereocenters. The topological polar surface area (TPSA) is 114 Å². The Morgan fingerprint density at radius 3 is 2.68 bits per heavy atom. The smallest absolute Gasteiger partial charge is 0.331 e. The number of esters is 1. The van der Waals surface area contributed by atoms with Gasteiger partial charge in [0.1, 0.15) is 6.61 Å². The molecule has 11 atom stereocenters. The number of carbonyl (C=O) groups excluding carboxylic acids is 1. The van der Waals surface area contributed by atoms with Crippen LogP contribution in [0.3, 0.4) is 0 Å². The SMILES string of the molecule is CC1O[C@@H](O[C@H]2CCC3(C)C4CCC5(C)C(C6=CC(=O)OC6)CCC5(O)[C@@H]4CC[C@H]3C2)C=C[C@H]1N=[N+]=[N-]. The van der Waals surface area contributed by atoms with E-state index in [1.54, 1.807) is 6.08 Å². The van der Waals surface area contributed by atoms with Crippen molar-refractivity contribution >= 4 is 5.97 Å². The number of fused-ring (bicyclic) bond motifs is 5. The normalized spacial score (nSPS) is 50.8. The molecule has 37 heavy (non-hydrogen) atoms. The molecule has 4 saturated carbocycles. The van der Waals surface area contributed by atoms with Gasteiger partial charge in [0.25, 0.3) is 0 Å². The first kappa shape index (κ1) is 25.4. The lowest BCUT2D eigenvalue weighted by Crippen LogP contribution is -2.62. The molecule has 0 aromatic heterocycles. The lowest BCUT2D eigenvalue weighted by Gasteiger charge is -2.63. The lowest BCUT2D eigenvalue weighted by molar-refractivity contribution is -0.223. The summed E-state index contributed by atoms with van der Waals surface area (Å²) in [7, 11) is 0. The number of rotatable bonds is 4. The first-order chi connectivity index (χ1) is 17.7. The Morgan fingerprint density at radius 2 is 1.95 bits per heavy atom. The number of nitrogens with zero attached hydrogens (tertiary/aromatic N) is 3. The zero-order valence-corrected chi connectivity index (χ0v) is 22.3. The summed E-state index contributed by atoms with van der Waals surface area (Å²) in [5.41, 5.74) is 9.18. The molecule has 0 amide bonds. The Balaban J connectivity index is 1.15. The molecule has 0 radical (unpaired) electrons. The van der Waals surface area contributed by atoms with Crippen LogP contribution in [0.5, 0.6) is 0 Å². The van der Waals surface area contributed by atoms with Crippen molar-refractivity contribution in [3.8, 4) is 0 Å². The highest BCUT2D eigenvalue weighted by Gasteiger charge is 2.67. The van der Waals surface area contributed by atoms with E-state index in [4.69, 9.17) is 19.7 Å². The Morgan fingerprint density at radius 1 is 1.11 bits per heavy atom. The van der Waals surface area contributed by atoms with Gasteiger partial charge in [0, 0.05) is 16.4 Å². The highest BCUT2D eigenvalue weighted by Crippen LogP contribution is 2.70. The molecule has 4 fully saturated rings. The van der Waals surface area contributed by atoms with Gasteiger partial charge in [-0.3, -0.25) is 0 Å². The van der Waals surface area contributed by atoms with Crippen LogP contribution in [0.1, 0.15) is 78.6 Å². The van der Waals surface area contributed by atoms with E-state index < -0.39 is 11.9 Å². The molecule has 0 aromatic rings. The Hall–Kier alpha value is -1.86. The van der Waals surface area contributed by atoms with Crippen LogP contribution in [0.15, 0.2) is 28.9 Å². The average Bonchev–Trinajstić information content (AvgIpc) is 3.41. The Bertz CT molecular complexity index is 1050. The maximum absolute atomic E-state index is 12.4. The Labute approximate surface area is 219 Å². The number of hydrogen-bond acceptors (Lipinski definition) is 6. The van der Waals surface area contributed by atoms with Gasteiger partial charge in [-0.1, -0.05) is 25.0 Å². The molecule has 0 bridgehead atoms. The molecule has 0 saturated heterocycles. The second-order valence-corrected chi connectivity index (χ2v) is 13.1. The summed E-state index contributed by atoms with van der Waals surface area (Å²) < 4.78 is 17.7. The number of hydrogen-bond donors (Lipinski definition) is 1. The monoisotopic (exact) mass is 511 g/mol. The van der Waals surface area contributed by atoms with Crippen molar-refractivity contribution < 1.29 is 24.1 Å². The third kappa shape index (κ3) is 3.90. The molecule has 0 spiro atoms. The lowest BCUT2D eigenvalue weighted by atomic mass is 9.43. The molecule has 2 heterocycles. The first-order valence-corrected chi connectivity index (χ1v) is 14.3. The highest BCUT2D eigenvalue weighted by atomic mass is 16.7. The molecule has 6 rings (SSSR count). The van der Waals surface area contributed by atoms with Crippen molar-refractivity contribution in [3.05, 3.63) is 34.2 Å². The summed E-state index contributed by atoms with van der Waals surface area (Å²) in [6.45, 7) is 7.09. The minimum atomic E-state index is -0.673. The Kier molecular flexibility index (Phi) is 6.26. The van der Waals surface area contributed by atoms with Crippen molar-refractivity contribution in [1.82, 2.24) is 0 Å². The summed E-state index contributed by atoms with van der Waals surface area (Å²) in [5.74, 6) is 1.44. The maximum Gasteiger partial charge on any atom is 0.331 e. The van der Waals surface area contributed by atoms with E-state index in [0.29, 0.717) is 24.4 Å². The molecule has 8 heteroatoms. The molecule has 8 nitrogen and oxygen atoms in total. The van der Waals surface area contributed by atoms with Crippen LogP contribution in [-0.4, -0.2) is 47.8 Å². The molecule has 202 valence electrons. The van der Waals surface area contributed by atoms with Crippen molar-refractivity contribution in [2.24, 2.45) is 39.6 Å². The van der Waals surface area contributed by atoms with Gasteiger partial charge in [0.05, 0.1) is 23.9 Å². The summed E-state index contributed by atoms with van der Waals surface area (Å²) in [4.78, 5) is 14.7. The van der Waals surface area contributed by atoms with Gasteiger partial charge in [-0.25, -0.2) is 4.79 Å². The van der Waals surface area contributed by atoms with Crippen molar-refractivity contribution in [1.29, 1.82) is 0 Å². The minimum absolute atomic E-state index is 0.159. The second kappa shape index (κ2) is 9.11. The van der Waals surface area contributed by atoms with Gasteiger partial charge in [-0.15, -0.1) is 0 Å². The molecule has 2 aliphatic heterocycles. The average molecular weight is 512 g/mol. The number of carbonyl (C=O) groups is 1. The third-order valence-corrected chi connectivity index (χ3v) is 11.7. The standard InChI is InChI=1S/C29H41N3O5/c1-17-24(31-32-30)6-7-26(36-17)37-20-8-11-27(2)19(15-20)4-5-23-22(27)9-12-28(3)21(10-13-29(23,28)34)18-14-25(33)35-16-18/h6-7,14,17,19-24,26,34H,4-5,8-13,15-16H2,1-3H3/t17?,19-,20-,21?,22?,23+,24+,26-,27?,28?,29?/m0/s1. The third-order valence-electron chi connectivity index (χ3n) is 11.7. The van der Waals surface area contributed by atoms with Gasteiger partial charge < -0.3 is 19.3 Å². The van der Waals surface area contributed by atoms with E-state index in [1.165, 1.54) is 0 Å². The van der Waals surface area contributed by atoms with Gasteiger partial charge in [0.15, 0.2) is 6.29 Å².